The molecular formula is C13H13N3O2S. The Bertz CT molecular complexity index is 590. The number of anilines is 1. The molecule has 2 heterocycles. The summed E-state index contributed by atoms with van der Waals surface area (Å²) in [6.07, 6.45) is 1.69. The molecule has 6 heteroatoms. The number of esters is 1. The number of rotatable bonds is 4. The zero-order valence-electron chi connectivity index (χ0n) is 10.4. The van der Waals surface area contributed by atoms with Crippen LogP contribution in [0.25, 0.3) is 0 Å². The Kier molecular flexibility index (Phi) is 4.35. The van der Waals surface area contributed by atoms with Crippen LogP contribution in [0.3, 0.4) is 0 Å². The number of carbonyl (C=O) groups is 1. The minimum Gasteiger partial charge on any atom is -0.464 e. The number of nitrogens with zero attached hydrogens (tertiary/aromatic N) is 2. The number of hydrogen-bond acceptors (Lipinski definition) is 6. The van der Waals surface area contributed by atoms with E-state index < -0.39 is 5.97 Å². The molecule has 0 aromatic carbocycles. The highest BCUT2D eigenvalue weighted by atomic mass is 32.2. The third kappa shape index (κ3) is 3.45. The fraction of sp³-hybridized carbons (Fsp3) is 0.154. The largest absolute Gasteiger partial charge is 0.464 e. The molecule has 98 valence electrons. The van der Waals surface area contributed by atoms with Crippen molar-refractivity contribution in [3.8, 4) is 0 Å². The lowest BCUT2D eigenvalue weighted by Crippen LogP contribution is -2.05. The molecular weight excluding hydrogens is 262 g/mol. The predicted molar refractivity (Wildman–Crippen MR) is 73.8 cm³/mol. The molecule has 0 bridgehead atoms. The van der Waals surface area contributed by atoms with Crippen LogP contribution in [0.2, 0.25) is 0 Å². The van der Waals surface area contributed by atoms with E-state index in [1.54, 1.807) is 30.5 Å². The quantitative estimate of drug-likeness (QED) is 0.680. The number of thioether (sulfide) groups is 1. The van der Waals surface area contributed by atoms with E-state index in [0.29, 0.717) is 17.1 Å². The van der Waals surface area contributed by atoms with Crippen LogP contribution in [-0.2, 0) is 10.5 Å². The highest BCUT2D eigenvalue weighted by Crippen LogP contribution is 2.24. The lowest BCUT2D eigenvalue weighted by molar-refractivity contribution is 0.0594. The average Bonchev–Trinajstić information content (AvgIpc) is 2.46. The van der Waals surface area contributed by atoms with Gasteiger partial charge in [0.1, 0.15) is 10.7 Å². The molecule has 2 N–H and O–H groups in total. The summed E-state index contributed by atoms with van der Waals surface area (Å²) in [6, 6.07) is 8.83. The van der Waals surface area contributed by atoms with Crippen molar-refractivity contribution < 1.29 is 9.53 Å². The van der Waals surface area contributed by atoms with E-state index in [-0.39, 0.29) is 0 Å². The summed E-state index contributed by atoms with van der Waals surface area (Å²) in [6.45, 7) is 0. The number of pyridine rings is 2. The van der Waals surface area contributed by atoms with E-state index in [9.17, 15) is 4.79 Å². The second-order valence-electron chi connectivity index (χ2n) is 3.69. The van der Waals surface area contributed by atoms with Crippen LogP contribution < -0.4 is 5.73 Å². The van der Waals surface area contributed by atoms with Crippen LogP contribution in [0.1, 0.15) is 16.2 Å². The van der Waals surface area contributed by atoms with Crippen LogP contribution in [0, 0.1) is 0 Å². The van der Waals surface area contributed by atoms with Gasteiger partial charge in [-0.25, -0.2) is 14.8 Å². The van der Waals surface area contributed by atoms with Gasteiger partial charge in [0.2, 0.25) is 0 Å². The zero-order valence-corrected chi connectivity index (χ0v) is 11.2. The Labute approximate surface area is 115 Å². The summed E-state index contributed by atoms with van der Waals surface area (Å²) in [5.41, 5.74) is 7.52. The first kappa shape index (κ1) is 13.4. The maximum atomic E-state index is 11.4. The summed E-state index contributed by atoms with van der Waals surface area (Å²) >= 11 is 1.48. The molecule has 2 aromatic heterocycles. The average molecular weight is 275 g/mol. The molecule has 2 rings (SSSR count). The number of hydrogen-bond donors (Lipinski definition) is 1. The molecule has 5 nitrogen and oxygen atoms in total. The van der Waals surface area contributed by atoms with E-state index in [1.807, 2.05) is 6.07 Å². The number of aromatic nitrogens is 2. The Hall–Kier alpha value is -2.08. The molecule has 0 atom stereocenters. The molecule has 0 radical (unpaired) electrons. The monoisotopic (exact) mass is 275 g/mol. The first-order chi connectivity index (χ1) is 9.20. The topological polar surface area (TPSA) is 78.1 Å². The van der Waals surface area contributed by atoms with Gasteiger partial charge >= 0.3 is 5.97 Å². The molecule has 19 heavy (non-hydrogen) atoms. The highest BCUT2D eigenvalue weighted by Gasteiger charge is 2.08. The number of nitrogen functional groups attached to an aromatic ring is 1. The molecule has 0 spiro atoms. The van der Waals surface area contributed by atoms with Crippen LogP contribution in [0.5, 0.6) is 0 Å². The van der Waals surface area contributed by atoms with Gasteiger partial charge in [-0.2, -0.15) is 0 Å². The van der Waals surface area contributed by atoms with Gasteiger partial charge in [0.15, 0.2) is 0 Å². The zero-order chi connectivity index (χ0) is 13.7. The van der Waals surface area contributed by atoms with Crippen molar-refractivity contribution in [1.29, 1.82) is 0 Å². The van der Waals surface area contributed by atoms with Crippen molar-refractivity contribution in [1.82, 2.24) is 9.97 Å². The molecule has 0 aliphatic carbocycles. The number of ether oxygens (including phenoxy) is 1. The van der Waals surface area contributed by atoms with Gasteiger partial charge in [-0.1, -0.05) is 17.8 Å². The van der Waals surface area contributed by atoms with E-state index in [2.05, 4.69) is 14.7 Å². The molecule has 0 aliphatic rings. The Morgan fingerprint density at radius 2 is 2.21 bits per heavy atom. The smallest absolute Gasteiger partial charge is 0.356 e. The molecule has 2 aromatic rings. The molecule has 0 unspecified atom stereocenters. The Morgan fingerprint density at radius 1 is 1.37 bits per heavy atom. The fourth-order valence-electron chi connectivity index (χ4n) is 1.44. The second-order valence-corrected chi connectivity index (χ2v) is 4.66. The van der Waals surface area contributed by atoms with Gasteiger partial charge < -0.3 is 10.5 Å². The van der Waals surface area contributed by atoms with Crippen LogP contribution in [-0.4, -0.2) is 23.0 Å². The third-order valence-corrected chi connectivity index (χ3v) is 3.41. The van der Waals surface area contributed by atoms with Gasteiger partial charge in [0.05, 0.1) is 18.5 Å². The van der Waals surface area contributed by atoms with Gasteiger partial charge in [-0.15, -0.1) is 0 Å². The fourth-order valence-corrected chi connectivity index (χ4v) is 2.26. The summed E-state index contributed by atoms with van der Waals surface area (Å²) in [5, 5.41) is 0.757. The molecule has 0 amide bonds. The Morgan fingerprint density at radius 3 is 2.95 bits per heavy atom. The van der Waals surface area contributed by atoms with E-state index >= 15 is 0 Å². The maximum Gasteiger partial charge on any atom is 0.356 e. The highest BCUT2D eigenvalue weighted by molar-refractivity contribution is 7.98. The van der Waals surface area contributed by atoms with Gasteiger partial charge in [0, 0.05) is 11.9 Å². The summed E-state index contributed by atoms with van der Waals surface area (Å²) in [4.78, 5) is 19.8. The summed E-state index contributed by atoms with van der Waals surface area (Å²) in [5.74, 6) is 0.149. The second kappa shape index (κ2) is 6.19. The lowest BCUT2D eigenvalue weighted by Gasteiger charge is -2.04. The van der Waals surface area contributed by atoms with Crippen molar-refractivity contribution in [2.24, 2.45) is 0 Å². The minimum atomic E-state index is -0.441. The van der Waals surface area contributed by atoms with Gasteiger partial charge in [-0.3, -0.25) is 0 Å². The van der Waals surface area contributed by atoms with E-state index in [0.717, 1.165) is 10.7 Å². The molecule has 0 aliphatic heterocycles. The standard InChI is InChI=1S/C13H13N3O2S/c1-18-13(17)11-6-2-4-9(16-11)8-19-12-10(14)5-3-7-15-12/h2-7H,8,14H2,1H3. The molecule has 0 fully saturated rings. The van der Waals surface area contributed by atoms with Crippen molar-refractivity contribution in [3.05, 3.63) is 47.9 Å². The lowest BCUT2D eigenvalue weighted by atomic mass is 10.3. The van der Waals surface area contributed by atoms with Crippen molar-refractivity contribution in [3.63, 3.8) is 0 Å². The number of methoxy groups -OCH3 is 1. The molecule has 0 saturated heterocycles. The van der Waals surface area contributed by atoms with E-state index in [4.69, 9.17) is 5.73 Å². The SMILES string of the molecule is COC(=O)c1cccc(CSc2ncccc2N)n1. The van der Waals surface area contributed by atoms with Crippen LogP contribution >= 0.6 is 11.8 Å². The first-order valence-corrected chi connectivity index (χ1v) is 6.57. The normalized spacial score (nSPS) is 10.2. The van der Waals surface area contributed by atoms with E-state index in [1.165, 1.54) is 18.9 Å². The number of carbonyl (C=O) groups excluding carboxylic acids is 1. The van der Waals surface area contributed by atoms with Crippen molar-refractivity contribution in [2.45, 2.75) is 10.8 Å². The third-order valence-electron chi connectivity index (χ3n) is 2.36. The van der Waals surface area contributed by atoms with Crippen LogP contribution in [0.15, 0.2) is 41.6 Å². The predicted octanol–water partition coefficient (Wildman–Crippen LogP) is 2.14. The number of nitrogens with two attached hydrogens (primary N) is 1. The van der Waals surface area contributed by atoms with Gasteiger partial charge in [-0.05, 0) is 24.3 Å². The molecule has 0 saturated carbocycles. The summed E-state index contributed by atoms with van der Waals surface area (Å²) in [7, 11) is 1.33. The maximum absolute atomic E-state index is 11.4. The van der Waals surface area contributed by atoms with Crippen molar-refractivity contribution in [2.75, 3.05) is 12.8 Å². The van der Waals surface area contributed by atoms with Gasteiger partial charge in [0.25, 0.3) is 0 Å². The summed E-state index contributed by atoms with van der Waals surface area (Å²) < 4.78 is 4.63. The first-order valence-electron chi connectivity index (χ1n) is 5.58. The van der Waals surface area contributed by atoms with Crippen molar-refractivity contribution >= 4 is 23.4 Å². The Balaban J connectivity index is 2.08. The van der Waals surface area contributed by atoms with Crippen LogP contribution in [0.4, 0.5) is 5.69 Å². The minimum absolute atomic E-state index is 0.301.